The molecule has 0 aliphatic rings. The summed E-state index contributed by atoms with van der Waals surface area (Å²) in [5.41, 5.74) is 8.72. The molecule has 34 heavy (non-hydrogen) atoms. The number of nitrogens with zero attached hydrogens (tertiary/aromatic N) is 2. The van der Waals surface area contributed by atoms with Gasteiger partial charge >= 0.3 is 0 Å². The summed E-state index contributed by atoms with van der Waals surface area (Å²) >= 11 is 0. The molecule has 0 radical (unpaired) electrons. The molecule has 2 nitrogen and oxygen atoms in total. The van der Waals surface area contributed by atoms with Crippen molar-refractivity contribution >= 4 is 49.3 Å². The van der Waals surface area contributed by atoms with E-state index in [9.17, 15) is 0 Å². The average Bonchev–Trinajstić information content (AvgIpc) is 3.38. The van der Waals surface area contributed by atoms with Crippen LogP contribution in [0, 0.1) is 6.92 Å². The van der Waals surface area contributed by atoms with Crippen LogP contribution in [0.2, 0.25) is 0 Å². The molecule has 2 heteroatoms. The maximum Gasteiger partial charge on any atom is 0.0791 e. The first kappa shape index (κ1) is 20.6. The van der Waals surface area contributed by atoms with Gasteiger partial charge in [0.15, 0.2) is 0 Å². The molecule has 4 aromatic carbocycles. The molecule has 2 heterocycles. The van der Waals surface area contributed by atoms with Crippen LogP contribution in [-0.2, 0) is 0 Å². The fourth-order valence-corrected chi connectivity index (χ4v) is 5.43. The van der Waals surface area contributed by atoms with E-state index in [1.165, 1.54) is 60.6 Å². The summed E-state index contributed by atoms with van der Waals surface area (Å²) in [6, 6.07) is 30.7. The Morgan fingerprint density at radius 2 is 1.44 bits per heavy atom. The zero-order chi connectivity index (χ0) is 23.2. The van der Waals surface area contributed by atoms with Crippen LogP contribution < -0.4 is 0 Å². The van der Waals surface area contributed by atoms with Gasteiger partial charge in [-0.1, -0.05) is 73.7 Å². The summed E-state index contributed by atoms with van der Waals surface area (Å²) in [4.78, 5) is 0. The van der Waals surface area contributed by atoms with E-state index in [2.05, 4.69) is 133 Å². The van der Waals surface area contributed by atoms with E-state index in [1.807, 2.05) is 0 Å². The van der Waals surface area contributed by atoms with Crippen molar-refractivity contribution in [3.8, 4) is 5.69 Å². The van der Waals surface area contributed by atoms with Gasteiger partial charge in [-0.3, -0.25) is 0 Å². The van der Waals surface area contributed by atoms with Crippen LogP contribution >= 0.6 is 0 Å². The van der Waals surface area contributed by atoms with Crippen molar-refractivity contribution in [2.24, 2.45) is 0 Å². The minimum atomic E-state index is 1.03. The highest BCUT2D eigenvalue weighted by Gasteiger charge is 2.22. The highest BCUT2D eigenvalue weighted by Crippen LogP contribution is 2.42. The van der Waals surface area contributed by atoms with Gasteiger partial charge in [-0.15, -0.1) is 0 Å². The fraction of sp³-hybridized carbons (Fsp3) is 0.125. The molecule has 6 aromatic rings. The summed E-state index contributed by atoms with van der Waals surface area (Å²) in [5.74, 6) is 0. The lowest BCUT2D eigenvalue weighted by molar-refractivity contribution is 1.16. The lowest BCUT2D eigenvalue weighted by Crippen LogP contribution is -1.98. The Hall–Kier alpha value is -4.04. The van der Waals surface area contributed by atoms with Crippen LogP contribution in [-0.4, -0.2) is 9.13 Å². The third-order valence-corrected chi connectivity index (χ3v) is 6.84. The number of para-hydroxylation sites is 3. The second kappa shape index (κ2) is 8.07. The fourth-order valence-electron chi connectivity index (χ4n) is 5.43. The van der Waals surface area contributed by atoms with Crippen molar-refractivity contribution < 1.29 is 0 Å². The van der Waals surface area contributed by atoms with Crippen LogP contribution in [0.25, 0.3) is 55.0 Å². The first-order chi connectivity index (χ1) is 16.7. The lowest BCUT2D eigenvalue weighted by atomic mass is 10.0. The number of fused-ring (bicyclic) bond motifs is 7. The van der Waals surface area contributed by atoms with Crippen LogP contribution in [0.4, 0.5) is 0 Å². The molecule has 0 aliphatic heterocycles. The van der Waals surface area contributed by atoms with Gasteiger partial charge < -0.3 is 9.13 Å². The van der Waals surface area contributed by atoms with Gasteiger partial charge in [-0.2, -0.15) is 0 Å². The van der Waals surface area contributed by atoms with Gasteiger partial charge in [0.1, 0.15) is 0 Å². The van der Waals surface area contributed by atoms with Crippen LogP contribution in [0.15, 0.2) is 103 Å². The Bertz CT molecular complexity index is 1740. The topological polar surface area (TPSA) is 9.86 Å². The van der Waals surface area contributed by atoms with Crippen molar-refractivity contribution in [2.45, 2.75) is 27.2 Å². The number of benzene rings is 4. The maximum absolute atomic E-state index is 2.45. The Morgan fingerprint density at radius 1 is 0.765 bits per heavy atom. The summed E-state index contributed by atoms with van der Waals surface area (Å²) in [5, 5.41) is 5.21. The van der Waals surface area contributed by atoms with Gasteiger partial charge in [0, 0.05) is 32.9 Å². The monoisotopic (exact) mass is 440 g/mol. The minimum Gasteiger partial charge on any atom is -0.311 e. The summed E-state index contributed by atoms with van der Waals surface area (Å²) in [7, 11) is 0. The predicted octanol–water partition coefficient (Wildman–Crippen LogP) is 9.03. The maximum atomic E-state index is 2.45. The van der Waals surface area contributed by atoms with E-state index >= 15 is 0 Å². The zero-order valence-electron chi connectivity index (χ0n) is 19.9. The smallest absolute Gasteiger partial charge is 0.0791 e. The van der Waals surface area contributed by atoms with Crippen molar-refractivity contribution in [3.05, 3.63) is 109 Å². The van der Waals surface area contributed by atoms with Crippen molar-refractivity contribution in [1.29, 1.82) is 0 Å². The van der Waals surface area contributed by atoms with Crippen LogP contribution in [0.3, 0.4) is 0 Å². The lowest BCUT2D eigenvalue weighted by Gasteiger charge is -2.13. The molecule has 0 saturated carbocycles. The Balaban J connectivity index is 1.91. The molecule has 0 bridgehead atoms. The van der Waals surface area contributed by atoms with Gasteiger partial charge in [-0.05, 0) is 62.2 Å². The van der Waals surface area contributed by atoms with Gasteiger partial charge in [0.25, 0.3) is 0 Å². The normalized spacial score (nSPS) is 12.7. The number of hydrogen-bond acceptors (Lipinski definition) is 0. The summed E-state index contributed by atoms with van der Waals surface area (Å²) in [6.45, 7) is 6.64. The molecule has 0 fully saturated rings. The standard InChI is InChI=1S/C32H28N2/c1-4-5-7-14-23(3)33-28-19-12-10-17-25(28)27-21-22(2)30-26-18-11-13-20-29(26)34(32(30)31(27)33)24-15-8-6-9-16-24/h5-21H,4H2,1-3H3/b7-5-,23-14+. The molecular formula is C32H28N2. The predicted molar refractivity (Wildman–Crippen MR) is 148 cm³/mol. The van der Waals surface area contributed by atoms with Gasteiger partial charge in [-0.25, -0.2) is 0 Å². The Labute approximate surface area is 200 Å². The molecule has 0 amide bonds. The number of aryl methyl sites for hydroxylation is 1. The van der Waals surface area contributed by atoms with Gasteiger partial charge in [0.2, 0.25) is 0 Å². The molecule has 0 saturated heterocycles. The molecular weight excluding hydrogens is 412 g/mol. The molecule has 0 aliphatic carbocycles. The first-order valence-electron chi connectivity index (χ1n) is 12.1. The van der Waals surface area contributed by atoms with Gasteiger partial charge in [0.05, 0.1) is 22.1 Å². The molecule has 0 atom stereocenters. The molecule has 0 spiro atoms. The first-order valence-corrected chi connectivity index (χ1v) is 12.1. The third-order valence-electron chi connectivity index (χ3n) is 6.84. The van der Waals surface area contributed by atoms with E-state index in [0.717, 1.165) is 6.42 Å². The second-order valence-corrected chi connectivity index (χ2v) is 9.00. The van der Waals surface area contributed by atoms with E-state index in [1.54, 1.807) is 0 Å². The summed E-state index contributed by atoms with van der Waals surface area (Å²) < 4.78 is 4.90. The highest BCUT2D eigenvalue weighted by atomic mass is 15.0. The van der Waals surface area contributed by atoms with E-state index in [-0.39, 0.29) is 0 Å². The van der Waals surface area contributed by atoms with Crippen molar-refractivity contribution in [2.75, 3.05) is 0 Å². The van der Waals surface area contributed by atoms with E-state index < -0.39 is 0 Å². The molecule has 2 aromatic heterocycles. The molecule has 6 rings (SSSR count). The van der Waals surface area contributed by atoms with Crippen LogP contribution in [0.1, 0.15) is 25.8 Å². The second-order valence-electron chi connectivity index (χ2n) is 9.00. The number of allylic oxidation sites excluding steroid dienone is 4. The summed E-state index contributed by atoms with van der Waals surface area (Å²) in [6.07, 6.45) is 7.64. The van der Waals surface area contributed by atoms with Crippen LogP contribution in [0.5, 0.6) is 0 Å². The molecule has 166 valence electrons. The molecule has 0 N–H and O–H groups in total. The van der Waals surface area contributed by atoms with E-state index in [0.29, 0.717) is 0 Å². The third kappa shape index (κ3) is 2.95. The average molecular weight is 441 g/mol. The quantitative estimate of drug-likeness (QED) is 0.242. The number of hydrogen-bond donors (Lipinski definition) is 0. The Morgan fingerprint density at radius 3 is 2.21 bits per heavy atom. The SMILES string of the molecule is CC/C=C\C=C(/C)n1c2ccccc2c2cc(C)c3c4ccccc4n(-c4ccccc4)c3c21. The van der Waals surface area contributed by atoms with Crippen molar-refractivity contribution in [3.63, 3.8) is 0 Å². The number of rotatable bonds is 4. The van der Waals surface area contributed by atoms with E-state index in [4.69, 9.17) is 0 Å². The highest BCUT2D eigenvalue weighted by molar-refractivity contribution is 6.25. The largest absolute Gasteiger partial charge is 0.311 e. The Kier molecular flexibility index (Phi) is 4.88. The number of aromatic nitrogens is 2. The minimum absolute atomic E-state index is 1.03. The van der Waals surface area contributed by atoms with Crippen molar-refractivity contribution in [1.82, 2.24) is 9.13 Å². The zero-order valence-corrected chi connectivity index (χ0v) is 19.9. The molecule has 0 unspecified atom stereocenters.